The second-order valence-corrected chi connectivity index (χ2v) is 10.1. The number of hydrogen-bond acceptors (Lipinski definition) is 4. The van der Waals surface area contributed by atoms with Crippen molar-refractivity contribution in [3.05, 3.63) is 119 Å². The van der Waals surface area contributed by atoms with Gasteiger partial charge in [-0.1, -0.05) is 48.5 Å². The van der Waals surface area contributed by atoms with Gasteiger partial charge in [0.1, 0.15) is 5.75 Å². The van der Waals surface area contributed by atoms with Gasteiger partial charge in [0.2, 0.25) is 0 Å². The van der Waals surface area contributed by atoms with Gasteiger partial charge < -0.3 is 10.1 Å². The molecule has 4 aromatic carbocycles. The molecule has 4 rings (SSSR count). The fourth-order valence-electron chi connectivity index (χ4n) is 3.64. The molecule has 184 valence electrons. The number of sulfonamides is 1. The Balaban J connectivity index is 1.40. The quantitative estimate of drug-likeness (QED) is 0.296. The zero-order valence-electron chi connectivity index (χ0n) is 20.2. The number of aryl methyl sites for hydroxylation is 2. The van der Waals surface area contributed by atoms with Crippen LogP contribution in [0.25, 0.3) is 0 Å². The monoisotopic (exact) mass is 500 g/mol. The van der Waals surface area contributed by atoms with E-state index in [0.29, 0.717) is 29.3 Å². The molecule has 0 bridgehead atoms. The summed E-state index contributed by atoms with van der Waals surface area (Å²) < 4.78 is 34.1. The highest BCUT2D eigenvalue weighted by Crippen LogP contribution is 2.23. The summed E-state index contributed by atoms with van der Waals surface area (Å²) in [7, 11) is -3.76. The van der Waals surface area contributed by atoms with E-state index in [1.54, 1.807) is 42.5 Å². The summed E-state index contributed by atoms with van der Waals surface area (Å²) in [5.74, 6) is 0.150. The van der Waals surface area contributed by atoms with Crippen LogP contribution in [0.1, 0.15) is 27.0 Å². The second kappa shape index (κ2) is 11.1. The van der Waals surface area contributed by atoms with Gasteiger partial charge in [-0.15, -0.1) is 0 Å². The summed E-state index contributed by atoms with van der Waals surface area (Å²) in [6, 6.07) is 28.5. The van der Waals surface area contributed by atoms with E-state index in [0.717, 1.165) is 23.1 Å². The Bertz CT molecular complexity index is 1450. The first-order valence-corrected chi connectivity index (χ1v) is 13.1. The number of para-hydroxylation sites is 1. The van der Waals surface area contributed by atoms with Gasteiger partial charge in [0.05, 0.1) is 17.1 Å². The fourth-order valence-corrected chi connectivity index (χ4v) is 4.69. The van der Waals surface area contributed by atoms with E-state index in [1.807, 2.05) is 56.3 Å². The smallest absolute Gasteiger partial charge is 0.261 e. The summed E-state index contributed by atoms with van der Waals surface area (Å²) in [4.78, 5) is 13.0. The molecular formula is C29H28N2O4S. The van der Waals surface area contributed by atoms with Crippen LogP contribution in [0.15, 0.2) is 102 Å². The lowest BCUT2D eigenvalue weighted by atomic mass is 10.1. The van der Waals surface area contributed by atoms with Gasteiger partial charge in [-0.25, -0.2) is 8.42 Å². The number of benzene rings is 4. The van der Waals surface area contributed by atoms with Crippen LogP contribution in [0, 0.1) is 13.8 Å². The second-order valence-electron chi connectivity index (χ2n) is 8.46. The molecule has 0 saturated heterocycles. The molecule has 0 atom stereocenters. The number of carbonyl (C=O) groups is 1. The van der Waals surface area contributed by atoms with Crippen LogP contribution < -0.4 is 14.8 Å². The Labute approximate surface area is 212 Å². The Kier molecular flexibility index (Phi) is 7.71. The molecular weight excluding hydrogens is 472 g/mol. The van der Waals surface area contributed by atoms with Gasteiger partial charge in [0, 0.05) is 17.8 Å². The standard InChI is InChI=1S/C29H28N2O4S/c1-21-12-13-25(20-22(21)2)31-36(33,34)26-16-14-24(15-17-26)30-29(32)27-10-6-7-11-28(27)35-19-18-23-8-4-3-5-9-23/h3-17,20,31H,18-19H2,1-2H3,(H,30,32). The summed E-state index contributed by atoms with van der Waals surface area (Å²) in [6.45, 7) is 4.33. The van der Waals surface area contributed by atoms with Crippen molar-refractivity contribution in [2.45, 2.75) is 25.2 Å². The van der Waals surface area contributed by atoms with Gasteiger partial charge in [-0.2, -0.15) is 0 Å². The zero-order valence-corrected chi connectivity index (χ0v) is 21.0. The highest BCUT2D eigenvalue weighted by Gasteiger charge is 2.16. The van der Waals surface area contributed by atoms with Crippen molar-refractivity contribution in [2.75, 3.05) is 16.6 Å². The number of ether oxygens (including phenoxy) is 1. The van der Waals surface area contributed by atoms with E-state index in [-0.39, 0.29) is 10.8 Å². The number of anilines is 2. The number of nitrogens with one attached hydrogen (secondary N) is 2. The fraction of sp³-hybridized carbons (Fsp3) is 0.138. The molecule has 2 N–H and O–H groups in total. The van der Waals surface area contributed by atoms with Gasteiger partial charge in [-0.3, -0.25) is 9.52 Å². The van der Waals surface area contributed by atoms with Crippen molar-refractivity contribution < 1.29 is 17.9 Å². The molecule has 0 aliphatic rings. The number of carbonyl (C=O) groups excluding carboxylic acids is 1. The van der Waals surface area contributed by atoms with E-state index in [2.05, 4.69) is 10.0 Å². The summed E-state index contributed by atoms with van der Waals surface area (Å²) in [5.41, 5.74) is 4.61. The first-order chi connectivity index (χ1) is 17.3. The van der Waals surface area contributed by atoms with E-state index < -0.39 is 10.0 Å². The van der Waals surface area contributed by atoms with E-state index in [4.69, 9.17) is 4.74 Å². The molecule has 36 heavy (non-hydrogen) atoms. The first kappa shape index (κ1) is 25.0. The normalized spacial score (nSPS) is 11.1. The van der Waals surface area contributed by atoms with Crippen LogP contribution in [0.4, 0.5) is 11.4 Å². The summed E-state index contributed by atoms with van der Waals surface area (Å²) >= 11 is 0. The average Bonchev–Trinajstić information content (AvgIpc) is 2.87. The molecule has 0 heterocycles. The maximum Gasteiger partial charge on any atom is 0.261 e. The Hall–Kier alpha value is -4.10. The maximum atomic E-state index is 12.9. The summed E-state index contributed by atoms with van der Waals surface area (Å²) in [5, 5.41) is 2.81. The molecule has 0 radical (unpaired) electrons. The molecule has 0 spiro atoms. The highest BCUT2D eigenvalue weighted by molar-refractivity contribution is 7.92. The number of hydrogen-bond donors (Lipinski definition) is 2. The molecule has 0 aliphatic carbocycles. The van der Waals surface area contributed by atoms with Crippen molar-refractivity contribution in [1.82, 2.24) is 0 Å². The molecule has 0 aromatic heterocycles. The number of rotatable bonds is 9. The van der Waals surface area contributed by atoms with Crippen molar-refractivity contribution in [1.29, 1.82) is 0 Å². The van der Waals surface area contributed by atoms with Crippen LogP contribution in [0.3, 0.4) is 0 Å². The van der Waals surface area contributed by atoms with Gasteiger partial charge in [-0.05, 0) is 79.1 Å². The van der Waals surface area contributed by atoms with Gasteiger partial charge >= 0.3 is 0 Å². The topological polar surface area (TPSA) is 84.5 Å². The van der Waals surface area contributed by atoms with Crippen molar-refractivity contribution in [2.24, 2.45) is 0 Å². The van der Waals surface area contributed by atoms with Crippen LogP contribution in [-0.2, 0) is 16.4 Å². The molecule has 0 saturated carbocycles. The zero-order chi connectivity index (χ0) is 25.5. The van der Waals surface area contributed by atoms with Crippen LogP contribution in [-0.4, -0.2) is 20.9 Å². The van der Waals surface area contributed by atoms with Gasteiger partial charge in [0.25, 0.3) is 15.9 Å². The predicted molar refractivity (Wildman–Crippen MR) is 143 cm³/mol. The third kappa shape index (κ3) is 6.31. The molecule has 7 heteroatoms. The predicted octanol–water partition coefficient (Wildman–Crippen LogP) is 5.98. The minimum absolute atomic E-state index is 0.100. The minimum atomic E-state index is -3.76. The number of amides is 1. The lowest BCUT2D eigenvalue weighted by Crippen LogP contribution is -2.15. The van der Waals surface area contributed by atoms with Crippen molar-refractivity contribution >= 4 is 27.3 Å². The van der Waals surface area contributed by atoms with Crippen LogP contribution >= 0.6 is 0 Å². The largest absolute Gasteiger partial charge is 0.492 e. The Morgan fingerprint density at radius 1 is 0.778 bits per heavy atom. The lowest BCUT2D eigenvalue weighted by Gasteiger charge is -2.13. The van der Waals surface area contributed by atoms with Crippen LogP contribution in [0.5, 0.6) is 5.75 Å². The Morgan fingerprint density at radius 3 is 2.17 bits per heavy atom. The molecule has 1 amide bonds. The lowest BCUT2D eigenvalue weighted by molar-refractivity contribution is 0.102. The molecule has 4 aromatic rings. The third-order valence-electron chi connectivity index (χ3n) is 5.80. The SMILES string of the molecule is Cc1ccc(NS(=O)(=O)c2ccc(NC(=O)c3ccccc3OCCc3ccccc3)cc2)cc1C. The molecule has 0 fully saturated rings. The van der Waals surface area contributed by atoms with Crippen molar-refractivity contribution in [3.63, 3.8) is 0 Å². The maximum absolute atomic E-state index is 12.9. The molecule has 6 nitrogen and oxygen atoms in total. The van der Waals surface area contributed by atoms with E-state index >= 15 is 0 Å². The molecule has 0 aliphatic heterocycles. The Morgan fingerprint density at radius 2 is 1.44 bits per heavy atom. The van der Waals surface area contributed by atoms with Crippen LogP contribution in [0.2, 0.25) is 0 Å². The average molecular weight is 501 g/mol. The third-order valence-corrected chi connectivity index (χ3v) is 7.20. The highest BCUT2D eigenvalue weighted by atomic mass is 32.2. The van der Waals surface area contributed by atoms with Crippen molar-refractivity contribution in [3.8, 4) is 5.75 Å². The van der Waals surface area contributed by atoms with E-state index in [1.165, 1.54) is 12.1 Å². The summed E-state index contributed by atoms with van der Waals surface area (Å²) in [6.07, 6.45) is 0.725. The van der Waals surface area contributed by atoms with Gasteiger partial charge in [0.15, 0.2) is 0 Å². The first-order valence-electron chi connectivity index (χ1n) is 11.6. The molecule has 0 unspecified atom stereocenters. The van der Waals surface area contributed by atoms with E-state index in [9.17, 15) is 13.2 Å². The minimum Gasteiger partial charge on any atom is -0.492 e.